The quantitative estimate of drug-likeness (QED) is 0.875. The summed E-state index contributed by atoms with van der Waals surface area (Å²) in [5.74, 6) is 0.0134. The van der Waals surface area contributed by atoms with E-state index in [2.05, 4.69) is 29.4 Å². The van der Waals surface area contributed by atoms with Crippen LogP contribution in [0.25, 0.3) is 0 Å². The van der Waals surface area contributed by atoms with E-state index in [-0.39, 0.29) is 5.91 Å². The Bertz CT molecular complexity index is 405. The van der Waals surface area contributed by atoms with Crippen molar-refractivity contribution in [1.82, 2.24) is 15.1 Å². The normalized spacial score (nSPS) is 19.1. The topological polar surface area (TPSA) is 58.1 Å². The molecule has 0 saturated carbocycles. The van der Waals surface area contributed by atoms with Gasteiger partial charge in [-0.15, -0.1) is 10.2 Å². The summed E-state index contributed by atoms with van der Waals surface area (Å²) < 4.78 is 0. The Labute approximate surface area is 105 Å². The Morgan fingerprint density at radius 1 is 1.35 bits per heavy atom. The van der Waals surface area contributed by atoms with E-state index >= 15 is 0 Å². The molecule has 17 heavy (non-hydrogen) atoms. The molecule has 1 aliphatic heterocycles. The van der Waals surface area contributed by atoms with E-state index in [0.29, 0.717) is 15.6 Å². The van der Waals surface area contributed by atoms with Crippen LogP contribution in [-0.4, -0.2) is 41.1 Å². The number of likely N-dealkylation sites (tertiary alicyclic amines) is 1. The second kappa shape index (κ2) is 4.60. The minimum Gasteiger partial charge on any atom is -0.363 e. The average Bonchev–Trinajstić information content (AvgIpc) is 2.76. The Hall–Kier alpha value is -1.17. The summed E-state index contributed by atoms with van der Waals surface area (Å²) in [4.78, 5) is 14.0. The van der Waals surface area contributed by atoms with Gasteiger partial charge in [-0.25, -0.2) is 0 Å². The second-order valence-corrected chi connectivity index (χ2v) is 6.10. The van der Waals surface area contributed by atoms with E-state index in [9.17, 15) is 4.79 Å². The summed E-state index contributed by atoms with van der Waals surface area (Å²) in [5.41, 5.74) is 0.355. The van der Waals surface area contributed by atoms with Gasteiger partial charge >= 0.3 is 0 Å². The number of carbonyl (C=O) groups excluding carboxylic acids is 1. The number of hydrogen-bond donors (Lipinski definition) is 1. The molecule has 1 fully saturated rings. The minimum absolute atomic E-state index is 0.0134. The van der Waals surface area contributed by atoms with Crippen LogP contribution in [0.5, 0.6) is 0 Å². The average molecular weight is 254 g/mol. The van der Waals surface area contributed by atoms with Crippen LogP contribution in [0.2, 0.25) is 0 Å². The fraction of sp³-hybridized carbons (Fsp3) is 0.727. The first-order valence-corrected chi connectivity index (χ1v) is 6.64. The standard InChI is InChI=1S/C11H18N4OS/c1-11(2)4-6-15(7-5-11)9(16)8-13-14-10(12-3)17-8/h4-7H2,1-3H3,(H,12,14). The molecule has 1 N–H and O–H groups in total. The van der Waals surface area contributed by atoms with E-state index in [1.165, 1.54) is 11.3 Å². The summed E-state index contributed by atoms with van der Waals surface area (Å²) in [6, 6.07) is 0. The monoisotopic (exact) mass is 254 g/mol. The van der Waals surface area contributed by atoms with E-state index in [1.807, 2.05) is 4.90 Å². The molecule has 1 aromatic rings. The number of amides is 1. The van der Waals surface area contributed by atoms with Crippen molar-refractivity contribution in [3.05, 3.63) is 5.01 Å². The highest BCUT2D eigenvalue weighted by Gasteiger charge is 2.29. The van der Waals surface area contributed by atoms with E-state index < -0.39 is 0 Å². The molecule has 1 aromatic heterocycles. The summed E-state index contributed by atoms with van der Waals surface area (Å²) in [5, 5.41) is 11.9. The lowest BCUT2D eigenvalue weighted by atomic mass is 9.83. The van der Waals surface area contributed by atoms with Gasteiger partial charge in [0.2, 0.25) is 10.1 Å². The maximum atomic E-state index is 12.1. The predicted molar refractivity (Wildman–Crippen MR) is 68.4 cm³/mol. The number of anilines is 1. The lowest BCUT2D eigenvalue weighted by molar-refractivity contribution is 0.0629. The van der Waals surface area contributed by atoms with Gasteiger partial charge in [0.25, 0.3) is 5.91 Å². The van der Waals surface area contributed by atoms with Crippen molar-refractivity contribution < 1.29 is 4.79 Å². The predicted octanol–water partition coefficient (Wildman–Crippen LogP) is 1.84. The van der Waals surface area contributed by atoms with Crippen molar-refractivity contribution in [2.75, 3.05) is 25.5 Å². The highest BCUT2D eigenvalue weighted by Crippen LogP contribution is 2.30. The smallest absolute Gasteiger partial charge is 0.284 e. The maximum Gasteiger partial charge on any atom is 0.284 e. The van der Waals surface area contributed by atoms with Crippen LogP contribution >= 0.6 is 11.3 Å². The number of rotatable bonds is 2. The molecule has 0 aromatic carbocycles. The SMILES string of the molecule is CNc1nnc(C(=O)N2CCC(C)(C)CC2)s1. The highest BCUT2D eigenvalue weighted by atomic mass is 32.1. The Morgan fingerprint density at radius 3 is 2.53 bits per heavy atom. The van der Waals surface area contributed by atoms with Crippen LogP contribution in [0.1, 0.15) is 36.5 Å². The van der Waals surface area contributed by atoms with Crippen molar-refractivity contribution in [2.24, 2.45) is 5.41 Å². The Balaban J connectivity index is 2.01. The molecule has 0 unspecified atom stereocenters. The Kier molecular flexibility index (Phi) is 3.33. The van der Waals surface area contributed by atoms with Gasteiger partial charge in [-0.05, 0) is 18.3 Å². The molecule has 0 atom stereocenters. The number of nitrogens with one attached hydrogen (secondary N) is 1. The molecule has 5 nitrogen and oxygen atoms in total. The van der Waals surface area contributed by atoms with Crippen molar-refractivity contribution >= 4 is 22.4 Å². The van der Waals surface area contributed by atoms with Gasteiger partial charge in [0.15, 0.2) is 0 Å². The molecule has 1 aliphatic rings. The van der Waals surface area contributed by atoms with Crippen LogP contribution in [0.3, 0.4) is 0 Å². The third-order valence-corrected chi connectivity index (χ3v) is 4.15. The van der Waals surface area contributed by atoms with Gasteiger partial charge < -0.3 is 10.2 Å². The number of piperidine rings is 1. The lowest BCUT2D eigenvalue weighted by Crippen LogP contribution is -2.41. The third kappa shape index (κ3) is 2.74. The van der Waals surface area contributed by atoms with Crippen LogP contribution < -0.4 is 5.32 Å². The maximum absolute atomic E-state index is 12.1. The molecular formula is C11H18N4OS. The van der Waals surface area contributed by atoms with Crippen molar-refractivity contribution in [2.45, 2.75) is 26.7 Å². The largest absolute Gasteiger partial charge is 0.363 e. The second-order valence-electron chi connectivity index (χ2n) is 5.12. The van der Waals surface area contributed by atoms with Gasteiger partial charge in [-0.3, -0.25) is 4.79 Å². The summed E-state index contributed by atoms with van der Waals surface area (Å²) in [6.07, 6.45) is 2.10. The summed E-state index contributed by atoms with van der Waals surface area (Å²) in [7, 11) is 1.78. The summed E-state index contributed by atoms with van der Waals surface area (Å²) in [6.45, 7) is 6.14. The zero-order valence-electron chi connectivity index (χ0n) is 10.5. The van der Waals surface area contributed by atoms with Gasteiger partial charge in [0, 0.05) is 20.1 Å². The lowest BCUT2D eigenvalue weighted by Gasteiger charge is -2.36. The first-order valence-electron chi connectivity index (χ1n) is 5.82. The molecule has 0 aliphatic carbocycles. The molecule has 1 saturated heterocycles. The number of hydrogen-bond acceptors (Lipinski definition) is 5. The van der Waals surface area contributed by atoms with Crippen LogP contribution in [-0.2, 0) is 0 Å². The zero-order valence-corrected chi connectivity index (χ0v) is 11.3. The molecule has 2 rings (SSSR count). The number of carbonyl (C=O) groups is 1. The van der Waals surface area contributed by atoms with Crippen LogP contribution in [0, 0.1) is 5.41 Å². The first kappa shape index (κ1) is 12.3. The third-order valence-electron chi connectivity index (χ3n) is 3.23. The van der Waals surface area contributed by atoms with Gasteiger partial charge in [0.1, 0.15) is 0 Å². The van der Waals surface area contributed by atoms with Crippen molar-refractivity contribution in [1.29, 1.82) is 0 Å². The van der Waals surface area contributed by atoms with Crippen molar-refractivity contribution in [3.8, 4) is 0 Å². The zero-order chi connectivity index (χ0) is 12.5. The van der Waals surface area contributed by atoms with E-state index in [1.54, 1.807) is 7.05 Å². The fourth-order valence-electron chi connectivity index (χ4n) is 1.86. The molecule has 0 spiro atoms. The van der Waals surface area contributed by atoms with Gasteiger partial charge in [0.05, 0.1) is 0 Å². The molecular weight excluding hydrogens is 236 g/mol. The van der Waals surface area contributed by atoms with E-state index in [0.717, 1.165) is 25.9 Å². The number of nitrogens with zero attached hydrogens (tertiary/aromatic N) is 3. The van der Waals surface area contributed by atoms with Gasteiger partial charge in [-0.2, -0.15) is 0 Å². The number of aromatic nitrogens is 2. The molecule has 6 heteroatoms. The minimum atomic E-state index is 0.0134. The van der Waals surface area contributed by atoms with Crippen LogP contribution in [0.15, 0.2) is 0 Å². The molecule has 2 heterocycles. The first-order chi connectivity index (χ1) is 8.02. The van der Waals surface area contributed by atoms with Crippen molar-refractivity contribution in [3.63, 3.8) is 0 Å². The van der Waals surface area contributed by atoms with E-state index in [4.69, 9.17) is 0 Å². The van der Waals surface area contributed by atoms with Gasteiger partial charge in [-0.1, -0.05) is 25.2 Å². The molecule has 0 radical (unpaired) electrons. The summed E-state index contributed by atoms with van der Waals surface area (Å²) >= 11 is 1.31. The molecule has 1 amide bonds. The Morgan fingerprint density at radius 2 is 2.00 bits per heavy atom. The highest BCUT2D eigenvalue weighted by molar-refractivity contribution is 7.17. The van der Waals surface area contributed by atoms with Crippen LogP contribution in [0.4, 0.5) is 5.13 Å². The molecule has 94 valence electrons. The fourth-order valence-corrected chi connectivity index (χ4v) is 2.53. The molecule has 0 bridgehead atoms.